The minimum absolute atomic E-state index is 0. The van der Waals surface area contributed by atoms with Gasteiger partial charge in [-0.3, -0.25) is 0 Å². The van der Waals surface area contributed by atoms with Gasteiger partial charge in [0.15, 0.2) is 0 Å². The highest BCUT2D eigenvalue weighted by atomic mass is 35.5. The third kappa shape index (κ3) is 13.5. The molecular weight excluding hydrogens is 364 g/mol. The molecule has 0 aliphatic rings. The Morgan fingerprint density at radius 2 is 1.00 bits per heavy atom. The molecule has 0 spiro atoms. The predicted octanol–water partition coefficient (Wildman–Crippen LogP) is 4.18. The van der Waals surface area contributed by atoms with Crippen LogP contribution in [-0.4, -0.2) is 0 Å². The summed E-state index contributed by atoms with van der Waals surface area (Å²) >= 11 is 3.48. The van der Waals surface area contributed by atoms with E-state index in [-0.39, 0.29) is 49.6 Å². The van der Waals surface area contributed by atoms with E-state index >= 15 is 0 Å². The van der Waals surface area contributed by atoms with Crippen LogP contribution in [0.5, 0.6) is 0 Å². The number of hydrogen-bond acceptors (Lipinski definition) is 2. The van der Waals surface area contributed by atoms with Gasteiger partial charge in [0.1, 0.15) is 0 Å². The fraction of sp³-hybridized carbons (Fsp3) is 0. The molecule has 2 aromatic rings. The van der Waals surface area contributed by atoms with Gasteiger partial charge >= 0.3 is 0 Å². The van der Waals surface area contributed by atoms with Gasteiger partial charge in [0.2, 0.25) is 0 Å². The van der Waals surface area contributed by atoms with Crippen molar-refractivity contribution in [3.63, 3.8) is 0 Å². The second kappa shape index (κ2) is 16.4. The molecule has 0 saturated heterocycles. The van der Waals surface area contributed by atoms with Gasteiger partial charge in [0, 0.05) is 9.24 Å². The third-order valence-electron chi connectivity index (χ3n) is 1.09. The van der Waals surface area contributed by atoms with Crippen molar-refractivity contribution in [1.82, 2.24) is 0 Å². The fourth-order valence-electron chi connectivity index (χ4n) is 0.583. The second-order valence-corrected chi connectivity index (χ2v) is 6.07. The Kier molecular flexibility index (Phi) is 26.8. The zero-order chi connectivity index (χ0) is 8.81. The van der Waals surface area contributed by atoms with Crippen LogP contribution in [0.2, 0.25) is 0 Å². The highest BCUT2D eigenvalue weighted by Crippen LogP contribution is 1.96. The van der Waals surface area contributed by atoms with Crippen molar-refractivity contribution in [2.24, 2.45) is 0 Å². The Hall–Kier alpha value is 1.42. The first-order chi connectivity index (χ1) is 5.79. The van der Waals surface area contributed by atoms with Crippen molar-refractivity contribution in [2.75, 3.05) is 0 Å². The molecule has 2 rings (SSSR count). The van der Waals surface area contributed by atoms with Crippen molar-refractivity contribution in [3.05, 3.63) is 35.0 Å². The van der Waals surface area contributed by atoms with Crippen LogP contribution < -0.4 is 9.24 Å². The molecule has 0 aliphatic carbocycles. The largest absolute Gasteiger partial charge is 0.147 e. The SMILES string of the molecule is Cl.Cl.Cl.Cl.Pc1cccs1.Pc1cccs1. The lowest BCUT2D eigenvalue weighted by molar-refractivity contribution is 2.08. The molecule has 0 N–H and O–H groups in total. The number of hydrogen-bond donors (Lipinski definition) is 0. The van der Waals surface area contributed by atoms with Crippen molar-refractivity contribution < 1.29 is 0 Å². The summed E-state index contributed by atoms with van der Waals surface area (Å²) in [6.07, 6.45) is 0. The summed E-state index contributed by atoms with van der Waals surface area (Å²) in [5.74, 6) is 0. The first-order valence-electron chi connectivity index (χ1n) is 3.37. The van der Waals surface area contributed by atoms with Crippen LogP contribution in [0.25, 0.3) is 0 Å². The van der Waals surface area contributed by atoms with Gasteiger partial charge in [0.05, 0.1) is 0 Å². The summed E-state index contributed by atoms with van der Waals surface area (Å²) in [5, 5.41) is 4.12. The summed E-state index contributed by atoms with van der Waals surface area (Å²) < 4.78 is 2.60. The van der Waals surface area contributed by atoms with E-state index in [2.05, 4.69) is 41.4 Å². The monoisotopic (exact) mass is 376 g/mol. The van der Waals surface area contributed by atoms with Gasteiger partial charge in [-0.15, -0.1) is 72.3 Å². The highest BCUT2D eigenvalue weighted by Gasteiger charge is 1.75. The molecule has 2 unspecified atom stereocenters. The summed E-state index contributed by atoms with van der Waals surface area (Å²) in [5.41, 5.74) is 0. The Bertz CT molecular complexity index is 267. The van der Waals surface area contributed by atoms with Crippen LogP contribution in [0.3, 0.4) is 0 Å². The molecule has 2 aromatic heterocycles. The van der Waals surface area contributed by atoms with Crippen molar-refractivity contribution >= 4 is 100 Å². The predicted molar refractivity (Wildman–Crippen MR) is 96.3 cm³/mol. The Morgan fingerprint density at radius 3 is 1.06 bits per heavy atom. The van der Waals surface area contributed by atoms with Crippen LogP contribution >= 0.6 is 90.8 Å². The number of thiophene rings is 2. The lowest BCUT2D eigenvalue weighted by atomic mass is 10.7. The molecule has 0 fully saturated rings. The van der Waals surface area contributed by atoms with E-state index in [0.29, 0.717) is 0 Å². The molecule has 0 radical (unpaired) electrons. The third-order valence-corrected chi connectivity index (χ3v) is 3.69. The molecule has 8 heteroatoms. The maximum atomic E-state index is 2.63. The minimum Gasteiger partial charge on any atom is -0.147 e. The average molecular weight is 378 g/mol. The molecule has 96 valence electrons. The van der Waals surface area contributed by atoms with E-state index in [1.54, 1.807) is 22.7 Å². The maximum Gasteiger partial charge on any atom is 0.0216 e. The summed E-state index contributed by atoms with van der Waals surface area (Å²) in [6.45, 7) is 0. The van der Waals surface area contributed by atoms with Gasteiger partial charge in [-0.25, -0.2) is 0 Å². The van der Waals surface area contributed by atoms with Crippen LogP contribution in [0, 0.1) is 0 Å². The molecule has 0 bridgehead atoms. The Labute approximate surface area is 134 Å². The summed E-state index contributed by atoms with van der Waals surface area (Å²) in [7, 11) is 5.27. The first kappa shape index (κ1) is 26.1. The average Bonchev–Trinajstić information content (AvgIpc) is 2.63. The topological polar surface area (TPSA) is 0 Å². The lowest BCUT2D eigenvalue weighted by Gasteiger charge is -1.65. The van der Waals surface area contributed by atoms with Crippen LogP contribution in [0.15, 0.2) is 35.0 Å². The molecule has 2 atom stereocenters. The van der Waals surface area contributed by atoms with Gasteiger partial charge in [-0.05, 0) is 22.9 Å². The van der Waals surface area contributed by atoms with Crippen molar-refractivity contribution in [1.29, 1.82) is 0 Å². The van der Waals surface area contributed by atoms with E-state index in [1.807, 2.05) is 12.1 Å². The highest BCUT2D eigenvalue weighted by molar-refractivity contribution is 7.43. The van der Waals surface area contributed by atoms with Gasteiger partial charge in [-0.2, -0.15) is 0 Å². The van der Waals surface area contributed by atoms with Gasteiger partial charge < -0.3 is 0 Å². The molecule has 0 saturated carbocycles. The van der Waals surface area contributed by atoms with E-state index in [0.717, 1.165) is 0 Å². The van der Waals surface area contributed by atoms with Gasteiger partial charge in [-0.1, -0.05) is 30.6 Å². The van der Waals surface area contributed by atoms with Crippen LogP contribution in [-0.2, 0) is 0 Å². The maximum absolute atomic E-state index is 2.63. The Balaban J connectivity index is -0.0000000720. The molecular formula is C8H14Cl4P2S2. The normalized spacial score (nSPS) is 6.62. The summed E-state index contributed by atoms with van der Waals surface area (Å²) in [4.78, 5) is 0. The van der Waals surface area contributed by atoms with E-state index < -0.39 is 0 Å². The summed E-state index contributed by atoms with van der Waals surface area (Å²) in [6, 6.07) is 8.20. The molecule has 0 aromatic carbocycles. The zero-order valence-electron chi connectivity index (χ0n) is 8.07. The fourth-order valence-corrected chi connectivity index (χ4v) is 2.22. The number of rotatable bonds is 0. The quantitative estimate of drug-likeness (QED) is 0.604. The molecule has 0 amide bonds. The lowest BCUT2D eigenvalue weighted by Crippen LogP contribution is -1.68. The smallest absolute Gasteiger partial charge is 0.0216 e. The van der Waals surface area contributed by atoms with Crippen LogP contribution in [0.1, 0.15) is 0 Å². The van der Waals surface area contributed by atoms with E-state index in [1.165, 1.54) is 9.24 Å². The molecule has 16 heavy (non-hydrogen) atoms. The molecule has 0 nitrogen and oxygen atoms in total. The zero-order valence-corrected chi connectivity index (χ0v) is 15.3. The van der Waals surface area contributed by atoms with E-state index in [4.69, 9.17) is 0 Å². The van der Waals surface area contributed by atoms with E-state index in [9.17, 15) is 0 Å². The molecule has 2 heterocycles. The second-order valence-electron chi connectivity index (χ2n) is 2.03. The Morgan fingerprint density at radius 1 is 0.688 bits per heavy atom. The van der Waals surface area contributed by atoms with Gasteiger partial charge in [0.25, 0.3) is 0 Å². The van der Waals surface area contributed by atoms with Crippen molar-refractivity contribution in [3.8, 4) is 0 Å². The minimum atomic E-state index is 0. The first-order valence-corrected chi connectivity index (χ1v) is 6.28. The standard InChI is InChI=1S/2C4H5PS.4ClH/c2*5-4-2-1-3-6-4;;;;/h2*1-3H,5H2;4*1H. The van der Waals surface area contributed by atoms with Crippen molar-refractivity contribution in [2.45, 2.75) is 0 Å². The van der Waals surface area contributed by atoms with Crippen LogP contribution in [0.4, 0.5) is 0 Å². The number of halogens is 4. The molecule has 0 aliphatic heterocycles.